The number of hydrogen-bond acceptors (Lipinski definition) is 5. The second kappa shape index (κ2) is 6.79. The quantitative estimate of drug-likeness (QED) is 0.838. The predicted octanol–water partition coefficient (Wildman–Crippen LogP) is -0.244. The van der Waals surface area contributed by atoms with Crippen LogP contribution in [0.25, 0.3) is 5.82 Å². The summed E-state index contributed by atoms with van der Waals surface area (Å²) in [5.74, 6) is -0.189. The van der Waals surface area contributed by atoms with Crippen molar-refractivity contribution in [1.82, 2.24) is 24.3 Å². The van der Waals surface area contributed by atoms with Gasteiger partial charge in [-0.3, -0.25) is 14.2 Å². The van der Waals surface area contributed by atoms with E-state index in [1.807, 2.05) is 11.9 Å². The van der Waals surface area contributed by atoms with Crippen molar-refractivity contribution < 1.29 is 9.59 Å². The molecule has 24 heavy (non-hydrogen) atoms. The van der Waals surface area contributed by atoms with Crippen LogP contribution in [0.1, 0.15) is 10.4 Å². The number of carbonyl (C=O) groups excluding carboxylic acids is 2. The minimum Gasteiger partial charge on any atom is -0.369 e. The van der Waals surface area contributed by atoms with E-state index < -0.39 is 0 Å². The van der Waals surface area contributed by atoms with Gasteiger partial charge in [0.15, 0.2) is 0 Å². The number of hydrogen-bond donors (Lipinski definition) is 1. The molecule has 3 heterocycles. The molecular formula is C16H20N6O2. The Kier molecular flexibility index (Phi) is 4.57. The van der Waals surface area contributed by atoms with E-state index in [9.17, 15) is 9.59 Å². The van der Waals surface area contributed by atoms with Gasteiger partial charge in [0, 0.05) is 44.8 Å². The van der Waals surface area contributed by atoms with Crippen molar-refractivity contribution in [3.8, 4) is 5.82 Å². The molecular weight excluding hydrogens is 308 g/mol. The van der Waals surface area contributed by atoms with Crippen LogP contribution in [0.2, 0.25) is 0 Å². The highest BCUT2D eigenvalue weighted by Gasteiger charge is 2.28. The number of rotatable bonds is 3. The maximum absolute atomic E-state index is 12.7. The second-order valence-corrected chi connectivity index (χ2v) is 5.99. The van der Waals surface area contributed by atoms with Crippen LogP contribution in [0.5, 0.6) is 0 Å². The number of imidazole rings is 1. The summed E-state index contributed by atoms with van der Waals surface area (Å²) < 4.78 is 1.76. The Labute approximate surface area is 139 Å². The summed E-state index contributed by atoms with van der Waals surface area (Å²) in [6.07, 6.45) is 6.64. The molecule has 3 rings (SSSR count). The van der Waals surface area contributed by atoms with E-state index >= 15 is 0 Å². The zero-order valence-corrected chi connectivity index (χ0v) is 13.5. The molecule has 0 unspecified atom stereocenters. The molecule has 0 spiro atoms. The Morgan fingerprint density at radius 1 is 1.25 bits per heavy atom. The first-order valence-electron chi connectivity index (χ1n) is 7.76. The van der Waals surface area contributed by atoms with Crippen LogP contribution in [-0.2, 0) is 4.79 Å². The smallest absolute Gasteiger partial charge is 0.255 e. The molecule has 2 aromatic heterocycles. The Bertz CT molecular complexity index is 713. The first kappa shape index (κ1) is 16.1. The maximum Gasteiger partial charge on any atom is 0.255 e. The molecule has 126 valence electrons. The van der Waals surface area contributed by atoms with E-state index in [0.717, 1.165) is 0 Å². The van der Waals surface area contributed by atoms with Gasteiger partial charge in [-0.15, -0.1) is 0 Å². The summed E-state index contributed by atoms with van der Waals surface area (Å²) in [5.41, 5.74) is 5.94. The second-order valence-electron chi connectivity index (χ2n) is 5.99. The summed E-state index contributed by atoms with van der Waals surface area (Å²) in [4.78, 5) is 36.3. The monoisotopic (exact) mass is 328 g/mol. The molecule has 0 aliphatic carbocycles. The lowest BCUT2D eigenvalue weighted by atomic mass is 10.1. The van der Waals surface area contributed by atoms with Crippen molar-refractivity contribution in [2.45, 2.75) is 0 Å². The molecule has 0 radical (unpaired) electrons. The number of primary amides is 1. The normalized spacial score (nSPS) is 19.0. The fraction of sp³-hybridized carbons (Fsp3) is 0.375. The van der Waals surface area contributed by atoms with Crippen LogP contribution >= 0.6 is 0 Å². The van der Waals surface area contributed by atoms with Gasteiger partial charge in [-0.2, -0.15) is 0 Å². The van der Waals surface area contributed by atoms with E-state index in [4.69, 9.17) is 5.73 Å². The Balaban J connectivity index is 1.76. The van der Waals surface area contributed by atoms with Crippen LogP contribution in [0, 0.1) is 5.92 Å². The molecule has 8 heteroatoms. The molecule has 0 saturated carbocycles. The number of carbonyl (C=O) groups is 2. The summed E-state index contributed by atoms with van der Waals surface area (Å²) in [6, 6.07) is 3.50. The third-order valence-electron chi connectivity index (χ3n) is 4.18. The lowest BCUT2D eigenvalue weighted by molar-refractivity contribution is -0.122. The first-order chi connectivity index (χ1) is 11.5. The Hall–Kier alpha value is -2.74. The van der Waals surface area contributed by atoms with E-state index in [2.05, 4.69) is 9.97 Å². The molecule has 1 fully saturated rings. The van der Waals surface area contributed by atoms with Gasteiger partial charge < -0.3 is 15.5 Å². The van der Waals surface area contributed by atoms with Crippen LogP contribution in [0.4, 0.5) is 0 Å². The van der Waals surface area contributed by atoms with Crippen molar-refractivity contribution in [3.63, 3.8) is 0 Å². The van der Waals surface area contributed by atoms with Crippen molar-refractivity contribution >= 4 is 11.8 Å². The third-order valence-corrected chi connectivity index (χ3v) is 4.18. The number of nitrogens with two attached hydrogens (primary N) is 1. The molecule has 8 nitrogen and oxygen atoms in total. The molecule has 0 aromatic carbocycles. The minimum atomic E-state index is -0.380. The zero-order valence-electron chi connectivity index (χ0n) is 13.5. The Morgan fingerprint density at radius 3 is 2.71 bits per heavy atom. The van der Waals surface area contributed by atoms with E-state index in [0.29, 0.717) is 37.6 Å². The molecule has 2 amide bonds. The molecule has 1 aliphatic rings. The minimum absolute atomic E-state index is 0.138. The number of pyridine rings is 1. The van der Waals surface area contributed by atoms with Gasteiger partial charge in [0.2, 0.25) is 5.91 Å². The average molecular weight is 328 g/mol. The highest BCUT2D eigenvalue weighted by atomic mass is 16.2. The number of amides is 2. The molecule has 2 aromatic rings. The fourth-order valence-electron chi connectivity index (χ4n) is 2.78. The number of likely N-dealkylation sites (N-methyl/N-ethyl adjacent to an activating group) is 1. The highest BCUT2D eigenvalue weighted by molar-refractivity contribution is 5.94. The van der Waals surface area contributed by atoms with Crippen molar-refractivity contribution in [1.29, 1.82) is 0 Å². The van der Waals surface area contributed by atoms with E-state index in [-0.39, 0.29) is 17.7 Å². The van der Waals surface area contributed by atoms with Gasteiger partial charge in [-0.1, -0.05) is 0 Å². The number of nitrogens with zero attached hydrogens (tertiary/aromatic N) is 5. The van der Waals surface area contributed by atoms with Gasteiger partial charge in [0.05, 0.1) is 11.5 Å². The largest absolute Gasteiger partial charge is 0.369 e. The lowest BCUT2D eigenvalue weighted by Gasteiger charge is -2.22. The van der Waals surface area contributed by atoms with Gasteiger partial charge in [0.25, 0.3) is 5.91 Å². The molecule has 2 N–H and O–H groups in total. The summed E-state index contributed by atoms with van der Waals surface area (Å²) in [5, 5.41) is 0. The summed E-state index contributed by atoms with van der Waals surface area (Å²) in [6.45, 7) is 2.16. The number of aromatic nitrogens is 3. The lowest BCUT2D eigenvalue weighted by Crippen LogP contribution is -2.40. The predicted molar refractivity (Wildman–Crippen MR) is 87.4 cm³/mol. The average Bonchev–Trinajstić information content (AvgIpc) is 3.04. The van der Waals surface area contributed by atoms with E-state index in [1.54, 1.807) is 46.5 Å². The van der Waals surface area contributed by atoms with Crippen molar-refractivity contribution in [2.24, 2.45) is 11.7 Å². The molecule has 1 atom stereocenters. The van der Waals surface area contributed by atoms with Crippen LogP contribution < -0.4 is 5.73 Å². The molecule has 1 saturated heterocycles. The molecule has 0 bridgehead atoms. The van der Waals surface area contributed by atoms with Gasteiger partial charge in [0.1, 0.15) is 12.1 Å². The van der Waals surface area contributed by atoms with Gasteiger partial charge in [-0.25, -0.2) is 9.97 Å². The molecule has 1 aliphatic heterocycles. The van der Waals surface area contributed by atoms with Crippen molar-refractivity contribution in [2.75, 3.05) is 33.2 Å². The fourth-order valence-corrected chi connectivity index (χ4v) is 2.78. The van der Waals surface area contributed by atoms with Crippen LogP contribution in [-0.4, -0.2) is 69.4 Å². The Morgan fingerprint density at radius 2 is 2.08 bits per heavy atom. The first-order valence-corrected chi connectivity index (χ1v) is 7.76. The van der Waals surface area contributed by atoms with E-state index in [1.165, 1.54) is 0 Å². The summed E-state index contributed by atoms with van der Waals surface area (Å²) >= 11 is 0. The van der Waals surface area contributed by atoms with Gasteiger partial charge in [-0.05, 0) is 19.2 Å². The SMILES string of the molecule is CN1CCN(C(=O)c2ccc(-n3ccnc3)nc2)C[C@H](C(N)=O)C1. The van der Waals surface area contributed by atoms with Crippen molar-refractivity contribution in [3.05, 3.63) is 42.6 Å². The van der Waals surface area contributed by atoms with Gasteiger partial charge >= 0.3 is 0 Å². The zero-order chi connectivity index (χ0) is 17.1. The topological polar surface area (TPSA) is 97.3 Å². The maximum atomic E-state index is 12.7. The van der Waals surface area contributed by atoms with Crippen LogP contribution in [0.3, 0.4) is 0 Å². The third kappa shape index (κ3) is 3.43. The standard InChI is InChI=1S/C16H20N6O2/c1-20-6-7-21(10-13(9-20)15(17)23)16(24)12-2-3-14(19-8-12)22-5-4-18-11-22/h2-5,8,11,13H,6-7,9-10H2,1H3,(H2,17,23)/t13-/m1/s1. The highest BCUT2D eigenvalue weighted by Crippen LogP contribution is 2.13. The summed E-state index contributed by atoms with van der Waals surface area (Å²) in [7, 11) is 1.92. The van der Waals surface area contributed by atoms with Crippen LogP contribution in [0.15, 0.2) is 37.1 Å².